The molecule has 1 aromatic carbocycles. The highest BCUT2D eigenvalue weighted by Crippen LogP contribution is 2.28. The number of rotatable bonds is 6. The molecular formula is C21H19N3S2. The second-order valence-corrected chi connectivity index (χ2v) is 8.31. The van der Waals surface area contributed by atoms with Gasteiger partial charge in [0.15, 0.2) is 0 Å². The van der Waals surface area contributed by atoms with Crippen LogP contribution < -0.4 is 5.32 Å². The van der Waals surface area contributed by atoms with Crippen LogP contribution in [0.1, 0.15) is 15.3 Å². The Balaban J connectivity index is 1.48. The van der Waals surface area contributed by atoms with Gasteiger partial charge < -0.3 is 5.32 Å². The molecular weight excluding hydrogens is 358 g/mol. The van der Waals surface area contributed by atoms with E-state index in [0.717, 1.165) is 24.2 Å². The lowest BCUT2D eigenvalue weighted by Gasteiger charge is -2.06. The van der Waals surface area contributed by atoms with Gasteiger partial charge in [-0.15, -0.1) is 22.7 Å². The first kappa shape index (κ1) is 16.9. The third-order valence-corrected chi connectivity index (χ3v) is 6.15. The lowest BCUT2D eigenvalue weighted by molar-refractivity contribution is 1.00. The van der Waals surface area contributed by atoms with Gasteiger partial charge in [0, 0.05) is 21.6 Å². The van der Waals surface area contributed by atoms with E-state index in [1.807, 2.05) is 47.1 Å². The minimum absolute atomic E-state index is 0.627. The summed E-state index contributed by atoms with van der Waals surface area (Å²) in [5.41, 5.74) is 3.17. The summed E-state index contributed by atoms with van der Waals surface area (Å²) in [6, 6.07) is 18.9. The maximum absolute atomic E-state index is 4.68. The molecule has 0 amide bonds. The lowest BCUT2D eigenvalue weighted by Crippen LogP contribution is -1.97. The summed E-state index contributed by atoms with van der Waals surface area (Å²) in [6.07, 6.45) is 3.98. The van der Waals surface area contributed by atoms with E-state index < -0.39 is 0 Å². The normalized spacial score (nSPS) is 10.8. The number of anilines is 2. The van der Waals surface area contributed by atoms with Gasteiger partial charge in [-0.25, -0.2) is 9.97 Å². The molecule has 26 heavy (non-hydrogen) atoms. The van der Waals surface area contributed by atoms with E-state index in [9.17, 15) is 0 Å². The summed E-state index contributed by atoms with van der Waals surface area (Å²) in [5.74, 6) is 0.627. The Labute approximate surface area is 161 Å². The molecule has 0 unspecified atom stereocenters. The molecule has 0 spiro atoms. The Hall–Kier alpha value is -2.50. The third-order valence-electron chi connectivity index (χ3n) is 4.04. The summed E-state index contributed by atoms with van der Waals surface area (Å²) < 4.78 is 0. The quantitative estimate of drug-likeness (QED) is 0.441. The Kier molecular flexibility index (Phi) is 5.09. The molecule has 4 rings (SSSR count). The van der Waals surface area contributed by atoms with E-state index in [0.29, 0.717) is 5.95 Å². The van der Waals surface area contributed by atoms with E-state index in [2.05, 4.69) is 64.0 Å². The molecule has 0 radical (unpaired) electrons. The molecule has 0 fully saturated rings. The zero-order valence-electron chi connectivity index (χ0n) is 14.5. The Morgan fingerprint density at radius 2 is 1.88 bits per heavy atom. The van der Waals surface area contributed by atoms with E-state index in [1.165, 1.54) is 20.2 Å². The lowest BCUT2D eigenvalue weighted by atomic mass is 10.2. The maximum Gasteiger partial charge on any atom is 0.227 e. The van der Waals surface area contributed by atoms with Crippen molar-refractivity contribution in [2.24, 2.45) is 0 Å². The first-order chi connectivity index (χ1) is 12.8. The zero-order valence-corrected chi connectivity index (χ0v) is 16.1. The molecule has 1 N–H and O–H groups in total. The van der Waals surface area contributed by atoms with Crippen LogP contribution in [0, 0.1) is 6.92 Å². The molecule has 130 valence electrons. The topological polar surface area (TPSA) is 37.8 Å². The van der Waals surface area contributed by atoms with Crippen molar-refractivity contribution in [3.63, 3.8) is 0 Å². The number of nitrogens with zero attached hydrogens (tertiary/aromatic N) is 2. The minimum atomic E-state index is 0.627. The summed E-state index contributed by atoms with van der Waals surface area (Å²) >= 11 is 3.64. The Morgan fingerprint density at radius 1 is 0.962 bits per heavy atom. The SMILES string of the molecule is Cc1cccc(Nc2nccc(-c3ccc(CCc4cccs4)s3)n2)c1. The molecule has 3 aromatic heterocycles. The molecule has 0 saturated heterocycles. The fourth-order valence-electron chi connectivity index (χ4n) is 2.76. The fraction of sp³-hybridized carbons (Fsp3) is 0.143. The van der Waals surface area contributed by atoms with Gasteiger partial charge in [0.25, 0.3) is 0 Å². The molecule has 3 nitrogen and oxygen atoms in total. The van der Waals surface area contributed by atoms with Crippen LogP contribution in [0.4, 0.5) is 11.6 Å². The fourth-order valence-corrected chi connectivity index (χ4v) is 4.45. The number of hydrogen-bond acceptors (Lipinski definition) is 5. The molecule has 0 saturated carbocycles. The second-order valence-electron chi connectivity index (χ2n) is 6.11. The Bertz CT molecular complexity index is 990. The highest BCUT2D eigenvalue weighted by Gasteiger charge is 2.07. The highest BCUT2D eigenvalue weighted by molar-refractivity contribution is 7.15. The number of thiophene rings is 2. The minimum Gasteiger partial charge on any atom is -0.324 e. The van der Waals surface area contributed by atoms with Crippen molar-refractivity contribution < 1.29 is 0 Å². The number of aromatic nitrogens is 2. The van der Waals surface area contributed by atoms with E-state index in [4.69, 9.17) is 0 Å². The molecule has 0 aliphatic carbocycles. The van der Waals surface area contributed by atoms with Gasteiger partial charge in [0.2, 0.25) is 5.95 Å². The number of hydrogen-bond donors (Lipinski definition) is 1. The van der Waals surface area contributed by atoms with Crippen molar-refractivity contribution in [2.45, 2.75) is 19.8 Å². The average molecular weight is 378 g/mol. The monoisotopic (exact) mass is 377 g/mol. The standard InChI is InChI=1S/C21H19N3S2/c1-15-4-2-5-16(14-15)23-21-22-12-11-19(24-21)20-10-9-18(26-20)8-7-17-6-3-13-25-17/h2-6,9-14H,7-8H2,1H3,(H,22,23,24). The largest absolute Gasteiger partial charge is 0.324 e. The number of nitrogens with one attached hydrogen (secondary N) is 1. The molecule has 3 heterocycles. The van der Waals surface area contributed by atoms with Gasteiger partial charge in [-0.05, 0) is 67.1 Å². The molecule has 0 bridgehead atoms. The van der Waals surface area contributed by atoms with Crippen molar-refractivity contribution in [1.29, 1.82) is 0 Å². The molecule has 5 heteroatoms. The molecule has 0 aliphatic heterocycles. The van der Waals surface area contributed by atoms with Gasteiger partial charge in [-0.3, -0.25) is 0 Å². The van der Waals surface area contributed by atoms with Gasteiger partial charge in [-0.2, -0.15) is 0 Å². The molecule has 4 aromatic rings. The maximum atomic E-state index is 4.68. The van der Waals surface area contributed by atoms with Gasteiger partial charge in [0.05, 0.1) is 10.6 Å². The van der Waals surface area contributed by atoms with Gasteiger partial charge in [0.1, 0.15) is 0 Å². The molecule has 0 atom stereocenters. The number of aryl methyl sites for hydroxylation is 3. The zero-order chi connectivity index (χ0) is 17.8. The summed E-state index contributed by atoms with van der Waals surface area (Å²) in [7, 11) is 0. The first-order valence-corrected chi connectivity index (χ1v) is 10.2. The summed E-state index contributed by atoms with van der Waals surface area (Å²) in [4.78, 5) is 13.0. The summed E-state index contributed by atoms with van der Waals surface area (Å²) in [6.45, 7) is 2.08. The smallest absolute Gasteiger partial charge is 0.227 e. The van der Waals surface area contributed by atoms with E-state index >= 15 is 0 Å². The van der Waals surface area contributed by atoms with Crippen molar-refractivity contribution in [2.75, 3.05) is 5.32 Å². The third kappa shape index (κ3) is 4.18. The van der Waals surface area contributed by atoms with E-state index in [1.54, 1.807) is 0 Å². The van der Waals surface area contributed by atoms with Crippen LogP contribution in [0.5, 0.6) is 0 Å². The van der Waals surface area contributed by atoms with Crippen LogP contribution in [0.15, 0.2) is 66.2 Å². The van der Waals surface area contributed by atoms with Crippen molar-refractivity contribution in [1.82, 2.24) is 9.97 Å². The van der Waals surface area contributed by atoms with Crippen LogP contribution in [0.3, 0.4) is 0 Å². The van der Waals surface area contributed by atoms with Crippen LogP contribution in [0.25, 0.3) is 10.6 Å². The van der Waals surface area contributed by atoms with Crippen molar-refractivity contribution >= 4 is 34.3 Å². The van der Waals surface area contributed by atoms with Crippen LogP contribution in [0.2, 0.25) is 0 Å². The van der Waals surface area contributed by atoms with Crippen molar-refractivity contribution in [3.8, 4) is 10.6 Å². The molecule has 0 aliphatic rings. The predicted octanol–water partition coefficient (Wildman–Crippen LogP) is 6.10. The van der Waals surface area contributed by atoms with Gasteiger partial charge >= 0.3 is 0 Å². The average Bonchev–Trinajstić information content (AvgIpc) is 3.32. The van der Waals surface area contributed by atoms with Crippen molar-refractivity contribution in [3.05, 3.63) is 81.5 Å². The first-order valence-electron chi connectivity index (χ1n) is 8.54. The Morgan fingerprint density at radius 3 is 2.73 bits per heavy atom. The second kappa shape index (κ2) is 7.81. The van der Waals surface area contributed by atoms with E-state index in [-0.39, 0.29) is 0 Å². The number of benzene rings is 1. The van der Waals surface area contributed by atoms with Gasteiger partial charge in [-0.1, -0.05) is 18.2 Å². The highest BCUT2D eigenvalue weighted by atomic mass is 32.1. The van der Waals surface area contributed by atoms with Crippen LogP contribution in [-0.4, -0.2) is 9.97 Å². The van der Waals surface area contributed by atoms with Crippen LogP contribution >= 0.6 is 22.7 Å². The van der Waals surface area contributed by atoms with Crippen LogP contribution in [-0.2, 0) is 12.8 Å². The summed E-state index contributed by atoms with van der Waals surface area (Å²) in [5, 5.41) is 5.43. The predicted molar refractivity (Wildman–Crippen MR) is 112 cm³/mol.